The van der Waals surface area contributed by atoms with Gasteiger partial charge in [0.05, 0.1) is 0 Å². The average Bonchev–Trinajstić information content (AvgIpc) is 3.02. The summed E-state index contributed by atoms with van der Waals surface area (Å²) in [5.74, 6) is -0.0534. The SMILES string of the molecule is CCCCCCCCC=CCCCCCCCC(=O)NC(CCCN)C(=O)NCCCCCCCCCCCCCCCC. The smallest absolute Gasteiger partial charge is 0.242 e. The van der Waals surface area contributed by atoms with Crippen LogP contribution in [0.3, 0.4) is 0 Å². The molecule has 2 amide bonds. The molecule has 0 aromatic rings. The number of nitrogens with one attached hydrogen (secondary N) is 2. The lowest BCUT2D eigenvalue weighted by Gasteiger charge is -2.18. The first kappa shape index (κ1) is 42.6. The third-order valence-corrected chi connectivity index (χ3v) is 8.84. The molecule has 0 heterocycles. The lowest BCUT2D eigenvalue weighted by atomic mass is 10.0. The largest absolute Gasteiger partial charge is 0.354 e. The highest BCUT2D eigenvalue weighted by atomic mass is 16.2. The van der Waals surface area contributed by atoms with Crippen molar-refractivity contribution in [2.45, 2.75) is 213 Å². The van der Waals surface area contributed by atoms with Gasteiger partial charge in [0, 0.05) is 13.0 Å². The van der Waals surface area contributed by atoms with Crippen molar-refractivity contribution in [2.24, 2.45) is 5.73 Å². The number of allylic oxidation sites excluding steroid dienone is 2. The van der Waals surface area contributed by atoms with Crippen molar-refractivity contribution >= 4 is 11.8 Å². The van der Waals surface area contributed by atoms with Gasteiger partial charge < -0.3 is 16.4 Å². The molecule has 0 fully saturated rings. The van der Waals surface area contributed by atoms with Crippen molar-refractivity contribution in [3.8, 4) is 0 Å². The summed E-state index contributed by atoms with van der Waals surface area (Å²) < 4.78 is 0. The van der Waals surface area contributed by atoms with E-state index in [1.165, 1.54) is 148 Å². The first-order valence-electron chi connectivity index (χ1n) is 19.6. The maximum atomic E-state index is 12.8. The van der Waals surface area contributed by atoms with Crippen LogP contribution in [-0.2, 0) is 9.59 Å². The molecular formula is C39H77N3O2. The molecule has 0 saturated heterocycles. The van der Waals surface area contributed by atoms with Gasteiger partial charge in [0.1, 0.15) is 6.04 Å². The number of hydrogen-bond acceptors (Lipinski definition) is 3. The van der Waals surface area contributed by atoms with E-state index in [1.54, 1.807) is 0 Å². The van der Waals surface area contributed by atoms with Gasteiger partial charge in [-0.25, -0.2) is 0 Å². The van der Waals surface area contributed by atoms with Gasteiger partial charge in [-0.2, -0.15) is 0 Å². The zero-order valence-corrected chi connectivity index (χ0v) is 29.8. The molecule has 5 heteroatoms. The summed E-state index contributed by atoms with van der Waals surface area (Å²) in [6.45, 7) is 5.77. The van der Waals surface area contributed by atoms with E-state index in [1.807, 2.05) is 0 Å². The summed E-state index contributed by atoms with van der Waals surface area (Å²) in [5.41, 5.74) is 5.69. The normalized spacial score (nSPS) is 12.2. The molecule has 0 saturated carbocycles. The minimum atomic E-state index is -0.458. The van der Waals surface area contributed by atoms with Crippen LogP contribution in [0.4, 0.5) is 0 Å². The zero-order valence-electron chi connectivity index (χ0n) is 29.8. The van der Waals surface area contributed by atoms with E-state index in [0.29, 0.717) is 25.9 Å². The number of hydrogen-bond donors (Lipinski definition) is 3. The molecule has 4 N–H and O–H groups in total. The van der Waals surface area contributed by atoms with Crippen molar-refractivity contribution in [1.82, 2.24) is 10.6 Å². The Morgan fingerprint density at radius 3 is 1.41 bits per heavy atom. The lowest BCUT2D eigenvalue weighted by Crippen LogP contribution is -2.47. The molecule has 1 unspecified atom stereocenters. The first-order valence-corrected chi connectivity index (χ1v) is 19.6. The number of rotatable bonds is 35. The van der Waals surface area contributed by atoms with Crippen molar-refractivity contribution in [2.75, 3.05) is 13.1 Å². The third-order valence-electron chi connectivity index (χ3n) is 8.84. The fourth-order valence-electron chi connectivity index (χ4n) is 5.87. The predicted molar refractivity (Wildman–Crippen MR) is 193 cm³/mol. The molecule has 0 spiro atoms. The minimum absolute atomic E-state index is 0.00343. The van der Waals surface area contributed by atoms with Gasteiger partial charge in [-0.3, -0.25) is 9.59 Å². The number of carbonyl (C=O) groups excluding carboxylic acids is 2. The van der Waals surface area contributed by atoms with Crippen molar-refractivity contribution < 1.29 is 9.59 Å². The Balaban J connectivity index is 3.76. The van der Waals surface area contributed by atoms with E-state index < -0.39 is 6.04 Å². The highest BCUT2D eigenvalue weighted by Gasteiger charge is 2.19. The van der Waals surface area contributed by atoms with E-state index in [-0.39, 0.29) is 11.8 Å². The van der Waals surface area contributed by atoms with Crippen LogP contribution < -0.4 is 16.4 Å². The third kappa shape index (κ3) is 32.0. The topological polar surface area (TPSA) is 84.2 Å². The summed E-state index contributed by atoms with van der Waals surface area (Å²) in [4.78, 5) is 25.3. The number of carbonyl (C=O) groups is 2. The van der Waals surface area contributed by atoms with Crippen LogP contribution in [0, 0.1) is 0 Å². The number of unbranched alkanes of at least 4 members (excludes halogenated alkanes) is 24. The lowest BCUT2D eigenvalue weighted by molar-refractivity contribution is -0.129. The maximum Gasteiger partial charge on any atom is 0.242 e. The molecule has 5 nitrogen and oxygen atoms in total. The maximum absolute atomic E-state index is 12.8. The highest BCUT2D eigenvalue weighted by molar-refractivity contribution is 5.87. The molecule has 0 rings (SSSR count). The molecule has 260 valence electrons. The zero-order chi connectivity index (χ0) is 32.2. The van der Waals surface area contributed by atoms with Crippen LogP contribution >= 0.6 is 0 Å². The van der Waals surface area contributed by atoms with Gasteiger partial charge in [-0.15, -0.1) is 0 Å². The van der Waals surface area contributed by atoms with Gasteiger partial charge in [0.15, 0.2) is 0 Å². The molecule has 1 atom stereocenters. The second-order valence-electron chi connectivity index (χ2n) is 13.3. The van der Waals surface area contributed by atoms with Gasteiger partial charge >= 0.3 is 0 Å². The van der Waals surface area contributed by atoms with Crippen LogP contribution in [0.25, 0.3) is 0 Å². The molecule has 0 bridgehead atoms. The molecule has 0 aliphatic rings. The summed E-state index contributed by atoms with van der Waals surface area (Å²) in [7, 11) is 0. The second kappa shape index (κ2) is 36.1. The van der Waals surface area contributed by atoms with E-state index in [2.05, 4.69) is 36.6 Å². The van der Waals surface area contributed by atoms with Crippen LogP contribution in [-0.4, -0.2) is 30.9 Å². The van der Waals surface area contributed by atoms with Gasteiger partial charge in [0.2, 0.25) is 11.8 Å². The number of nitrogens with two attached hydrogens (primary N) is 1. The average molecular weight is 620 g/mol. The Morgan fingerprint density at radius 1 is 0.545 bits per heavy atom. The van der Waals surface area contributed by atoms with Gasteiger partial charge in [0.25, 0.3) is 0 Å². The van der Waals surface area contributed by atoms with Gasteiger partial charge in [-0.1, -0.05) is 161 Å². The Hall–Kier alpha value is -1.36. The molecule has 0 aliphatic heterocycles. The van der Waals surface area contributed by atoms with Crippen molar-refractivity contribution in [3.63, 3.8) is 0 Å². The first-order chi connectivity index (χ1) is 21.7. The summed E-state index contributed by atoms with van der Waals surface area (Å²) in [6, 6.07) is -0.458. The summed E-state index contributed by atoms with van der Waals surface area (Å²) >= 11 is 0. The van der Waals surface area contributed by atoms with Crippen LogP contribution in [0.5, 0.6) is 0 Å². The Morgan fingerprint density at radius 2 is 0.955 bits per heavy atom. The highest BCUT2D eigenvalue weighted by Crippen LogP contribution is 2.13. The van der Waals surface area contributed by atoms with E-state index >= 15 is 0 Å². The molecular weight excluding hydrogens is 542 g/mol. The van der Waals surface area contributed by atoms with E-state index in [9.17, 15) is 9.59 Å². The van der Waals surface area contributed by atoms with Crippen molar-refractivity contribution in [1.29, 1.82) is 0 Å². The van der Waals surface area contributed by atoms with Crippen LogP contribution in [0.2, 0.25) is 0 Å². The molecule has 0 radical (unpaired) electrons. The fourth-order valence-corrected chi connectivity index (χ4v) is 5.87. The molecule has 0 aliphatic carbocycles. The van der Waals surface area contributed by atoms with E-state index in [0.717, 1.165) is 32.1 Å². The minimum Gasteiger partial charge on any atom is -0.354 e. The van der Waals surface area contributed by atoms with Gasteiger partial charge in [-0.05, 0) is 57.9 Å². The molecule has 0 aromatic carbocycles. The fraction of sp³-hybridized carbons (Fsp3) is 0.897. The van der Waals surface area contributed by atoms with Crippen molar-refractivity contribution in [3.05, 3.63) is 12.2 Å². The predicted octanol–water partition coefficient (Wildman–Crippen LogP) is 10.8. The molecule has 0 aromatic heterocycles. The summed E-state index contributed by atoms with van der Waals surface area (Å²) in [5, 5.41) is 6.05. The van der Waals surface area contributed by atoms with E-state index in [4.69, 9.17) is 5.73 Å². The Kier molecular flexibility index (Phi) is 35.0. The number of amides is 2. The van der Waals surface area contributed by atoms with Crippen LogP contribution in [0.1, 0.15) is 206 Å². The Labute approximate surface area is 275 Å². The standard InChI is InChI=1S/C39H77N3O2/c1-3-5-7-9-11-13-15-17-19-20-22-24-26-28-30-34-38(43)42-37(33-32-35-40)39(44)41-36-31-29-27-25-23-21-18-16-14-12-10-8-6-4-2/h17,19,37H,3-16,18,20-36,40H2,1-2H3,(H,41,44)(H,42,43). The monoisotopic (exact) mass is 620 g/mol. The Bertz CT molecular complexity index is 637. The van der Waals surface area contributed by atoms with Crippen LogP contribution in [0.15, 0.2) is 12.2 Å². The molecule has 44 heavy (non-hydrogen) atoms. The quantitative estimate of drug-likeness (QED) is 0.0487. The second-order valence-corrected chi connectivity index (χ2v) is 13.3. The summed E-state index contributed by atoms with van der Waals surface area (Å²) in [6.07, 6.45) is 41.4.